The molecule has 5 nitrogen and oxygen atoms in total. The number of nitrogens with zero attached hydrogens (tertiary/aromatic N) is 3. The number of rotatable bonds is 4. The summed E-state index contributed by atoms with van der Waals surface area (Å²) in [5.41, 5.74) is 4.64. The van der Waals surface area contributed by atoms with E-state index in [0.717, 1.165) is 40.4 Å². The minimum absolute atomic E-state index is 0.230. The summed E-state index contributed by atoms with van der Waals surface area (Å²) in [4.78, 5) is 3.17. The molecular weight excluding hydrogens is 348 g/mol. The number of aromatic amines is 1. The Morgan fingerprint density at radius 3 is 2.43 bits per heavy atom. The molecule has 0 amide bonds. The highest BCUT2D eigenvalue weighted by atomic mass is 16.4. The number of aromatic nitrogens is 3. The van der Waals surface area contributed by atoms with Gasteiger partial charge < -0.3 is 9.40 Å². The van der Waals surface area contributed by atoms with Crippen molar-refractivity contribution < 1.29 is 4.42 Å². The van der Waals surface area contributed by atoms with Crippen LogP contribution in [0.15, 0.2) is 53.1 Å². The summed E-state index contributed by atoms with van der Waals surface area (Å²) in [6.07, 6.45) is 3.80. The predicted octanol–water partition coefficient (Wildman–Crippen LogP) is 5.74. The smallest absolute Gasteiger partial charge is 0.248 e. The van der Waals surface area contributed by atoms with Crippen molar-refractivity contribution in [3.8, 4) is 29.0 Å². The zero-order valence-corrected chi connectivity index (χ0v) is 16.3. The molecule has 1 N–H and O–H groups in total. The van der Waals surface area contributed by atoms with E-state index in [1.54, 1.807) is 0 Å². The van der Waals surface area contributed by atoms with E-state index in [1.165, 1.54) is 0 Å². The van der Waals surface area contributed by atoms with Crippen molar-refractivity contribution in [2.24, 2.45) is 5.41 Å². The molecule has 28 heavy (non-hydrogen) atoms. The van der Waals surface area contributed by atoms with Crippen molar-refractivity contribution in [3.63, 3.8) is 0 Å². The van der Waals surface area contributed by atoms with Crippen LogP contribution in [0.3, 0.4) is 0 Å². The maximum atomic E-state index is 9.56. The van der Waals surface area contributed by atoms with Crippen LogP contribution >= 0.6 is 0 Å². The van der Waals surface area contributed by atoms with E-state index in [0.29, 0.717) is 17.3 Å². The summed E-state index contributed by atoms with van der Waals surface area (Å²) in [5, 5.41) is 19.0. The number of nitrogens with one attached hydrogen (secondary N) is 1. The summed E-state index contributed by atoms with van der Waals surface area (Å²) in [5.74, 6) is 0.886. The number of hydrogen-bond acceptors (Lipinski definition) is 4. The van der Waals surface area contributed by atoms with Crippen LogP contribution in [-0.4, -0.2) is 15.2 Å². The molecule has 2 heterocycles. The van der Waals surface area contributed by atoms with Crippen LogP contribution in [0.4, 0.5) is 0 Å². The first-order valence-electron chi connectivity index (χ1n) is 9.37. The average Bonchev–Trinajstić information content (AvgIpc) is 3.34. The third kappa shape index (κ3) is 3.67. The van der Waals surface area contributed by atoms with Crippen LogP contribution in [0.25, 0.3) is 33.8 Å². The highest BCUT2D eigenvalue weighted by molar-refractivity contribution is 5.83. The largest absolute Gasteiger partial charge is 0.416 e. The van der Waals surface area contributed by atoms with Gasteiger partial charge in [0, 0.05) is 28.2 Å². The van der Waals surface area contributed by atoms with Gasteiger partial charge in [-0.15, -0.1) is 10.2 Å². The predicted molar refractivity (Wildman–Crippen MR) is 110 cm³/mol. The van der Waals surface area contributed by atoms with Gasteiger partial charge in [0.25, 0.3) is 0 Å². The van der Waals surface area contributed by atoms with Crippen LogP contribution in [0.2, 0.25) is 0 Å². The zero-order valence-electron chi connectivity index (χ0n) is 16.3. The topological polar surface area (TPSA) is 78.5 Å². The van der Waals surface area contributed by atoms with E-state index in [4.69, 9.17) is 4.42 Å². The Bertz CT molecular complexity index is 1170. The number of nitriles is 1. The Labute approximate surface area is 164 Å². The van der Waals surface area contributed by atoms with Gasteiger partial charge in [-0.2, -0.15) is 5.26 Å². The lowest BCUT2D eigenvalue weighted by atomic mass is 9.87. The molecule has 0 aliphatic carbocycles. The maximum Gasteiger partial charge on any atom is 0.248 e. The van der Waals surface area contributed by atoms with E-state index < -0.39 is 0 Å². The van der Waals surface area contributed by atoms with Crippen LogP contribution < -0.4 is 0 Å². The fraction of sp³-hybridized carbons (Fsp3) is 0.261. The second-order valence-corrected chi connectivity index (χ2v) is 8.24. The van der Waals surface area contributed by atoms with Crippen molar-refractivity contribution in [1.82, 2.24) is 15.2 Å². The Balaban J connectivity index is 1.62. The van der Waals surface area contributed by atoms with Crippen molar-refractivity contribution in [2.75, 3.05) is 0 Å². The van der Waals surface area contributed by atoms with Crippen molar-refractivity contribution >= 4 is 10.9 Å². The van der Waals surface area contributed by atoms with Crippen molar-refractivity contribution in [2.45, 2.75) is 33.6 Å². The van der Waals surface area contributed by atoms with Gasteiger partial charge in [-0.3, -0.25) is 0 Å². The Morgan fingerprint density at radius 1 is 1.00 bits per heavy atom. The number of fused-ring (bicyclic) bond motifs is 1. The molecule has 0 atom stereocenters. The lowest BCUT2D eigenvalue weighted by Gasteiger charge is -2.18. The molecule has 4 rings (SSSR count). The number of benzene rings is 2. The molecule has 0 saturated carbocycles. The quantitative estimate of drug-likeness (QED) is 0.497. The summed E-state index contributed by atoms with van der Waals surface area (Å²) in [6, 6.07) is 16.0. The molecule has 2 aromatic heterocycles. The summed E-state index contributed by atoms with van der Waals surface area (Å²) >= 11 is 0. The Hall–Kier alpha value is -3.39. The van der Waals surface area contributed by atoms with Gasteiger partial charge in [-0.05, 0) is 60.2 Å². The lowest BCUT2D eigenvalue weighted by molar-refractivity contribution is 0.378. The van der Waals surface area contributed by atoms with Crippen LogP contribution in [0.1, 0.15) is 38.3 Å². The van der Waals surface area contributed by atoms with Gasteiger partial charge in [0.15, 0.2) is 0 Å². The van der Waals surface area contributed by atoms with Crippen LogP contribution in [0, 0.1) is 16.7 Å². The zero-order chi connectivity index (χ0) is 19.7. The second kappa shape index (κ2) is 6.97. The molecule has 4 aromatic rings. The molecule has 0 saturated heterocycles. The molecule has 0 spiro atoms. The van der Waals surface area contributed by atoms with E-state index in [9.17, 15) is 5.26 Å². The summed E-state index contributed by atoms with van der Waals surface area (Å²) in [7, 11) is 0. The molecule has 2 aromatic carbocycles. The van der Waals surface area contributed by atoms with Crippen LogP contribution in [-0.2, 0) is 6.42 Å². The molecule has 0 bridgehead atoms. The minimum Gasteiger partial charge on any atom is -0.416 e. The molecule has 5 heteroatoms. The monoisotopic (exact) mass is 370 g/mol. The first kappa shape index (κ1) is 18.0. The molecule has 140 valence electrons. The van der Waals surface area contributed by atoms with Crippen LogP contribution in [0.5, 0.6) is 0 Å². The Kier molecular flexibility index (Phi) is 4.48. The third-order valence-electron chi connectivity index (χ3n) is 4.85. The molecule has 0 aliphatic heterocycles. The van der Waals surface area contributed by atoms with Crippen molar-refractivity contribution in [1.29, 1.82) is 5.26 Å². The fourth-order valence-corrected chi connectivity index (χ4v) is 3.18. The summed E-state index contributed by atoms with van der Waals surface area (Å²) < 4.78 is 5.89. The normalized spacial score (nSPS) is 11.6. The lowest BCUT2D eigenvalue weighted by Crippen LogP contribution is -2.07. The van der Waals surface area contributed by atoms with Gasteiger partial charge in [0.05, 0.1) is 11.6 Å². The average molecular weight is 370 g/mol. The first-order chi connectivity index (χ1) is 13.4. The summed E-state index contributed by atoms with van der Waals surface area (Å²) in [6.45, 7) is 6.62. The van der Waals surface area contributed by atoms with Gasteiger partial charge in [-0.1, -0.05) is 26.8 Å². The molecule has 0 radical (unpaired) electrons. The highest BCUT2D eigenvalue weighted by Crippen LogP contribution is 2.29. The molecule has 0 unspecified atom stereocenters. The molecular formula is C23H22N4O. The van der Waals surface area contributed by atoms with E-state index in [2.05, 4.69) is 42.0 Å². The first-order valence-corrected chi connectivity index (χ1v) is 9.37. The highest BCUT2D eigenvalue weighted by Gasteiger charge is 2.15. The van der Waals surface area contributed by atoms with E-state index >= 15 is 0 Å². The van der Waals surface area contributed by atoms with Gasteiger partial charge >= 0.3 is 0 Å². The maximum absolute atomic E-state index is 9.56. The Morgan fingerprint density at radius 2 is 1.71 bits per heavy atom. The SMILES string of the molecule is CC(C)(C)CCc1ccc(-c2nnc(-c3ccc4[nH]ccc4c3)o2)cc1C#N. The standard InChI is InChI=1S/C23H22N4O/c1-23(2,3)10-8-15-4-5-17(13-19(15)14-24)21-26-27-22(28-21)18-6-7-20-16(12-18)9-11-25-20/h4-7,9,11-13,25H,8,10H2,1-3H3. The van der Waals surface area contributed by atoms with E-state index in [1.807, 2.05) is 48.7 Å². The second-order valence-electron chi connectivity index (χ2n) is 8.24. The van der Waals surface area contributed by atoms with Gasteiger partial charge in [0.2, 0.25) is 11.8 Å². The number of H-pyrrole nitrogens is 1. The molecule has 0 aliphatic rings. The molecule has 0 fully saturated rings. The fourth-order valence-electron chi connectivity index (χ4n) is 3.18. The van der Waals surface area contributed by atoms with Gasteiger partial charge in [-0.25, -0.2) is 0 Å². The van der Waals surface area contributed by atoms with E-state index in [-0.39, 0.29) is 5.41 Å². The number of hydrogen-bond donors (Lipinski definition) is 1. The van der Waals surface area contributed by atoms with Crippen molar-refractivity contribution in [3.05, 3.63) is 59.8 Å². The minimum atomic E-state index is 0.230. The van der Waals surface area contributed by atoms with Gasteiger partial charge in [0.1, 0.15) is 0 Å². The number of aryl methyl sites for hydroxylation is 1. The third-order valence-corrected chi connectivity index (χ3v) is 4.85.